The molecule has 2 aliphatic rings. The first-order valence-electron chi connectivity index (χ1n) is 8.71. The fourth-order valence-corrected chi connectivity index (χ4v) is 3.25. The van der Waals surface area contributed by atoms with Crippen LogP contribution in [0.3, 0.4) is 0 Å². The maximum Gasteiger partial charge on any atom is 0.322 e. The van der Waals surface area contributed by atoms with Gasteiger partial charge in [-0.25, -0.2) is 14.8 Å². The molecule has 0 unspecified atom stereocenters. The van der Waals surface area contributed by atoms with E-state index in [1.165, 1.54) is 0 Å². The number of methoxy groups -OCH3 is 1. The molecule has 0 bridgehead atoms. The summed E-state index contributed by atoms with van der Waals surface area (Å²) in [5, 5.41) is 2.90. The third-order valence-corrected chi connectivity index (χ3v) is 4.68. The number of likely N-dealkylation sites (tertiary alicyclic amines) is 1. The van der Waals surface area contributed by atoms with Crippen molar-refractivity contribution >= 4 is 11.7 Å². The van der Waals surface area contributed by atoms with Crippen LogP contribution in [0.2, 0.25) is 0 Å². The van der Waals surface area contributed by atoms with Crippen molar-refractivity contribution in [1.29, 1.82) is 0 Å². The molecule has 1 atom stereocenters. The summed E-state index contributed by atoms with van der Waals surface area (Å²) in [5.74, 6) is 2.96. The van der Waals surface area contributed by atoms with Crippen LogP contribution in [0.1, 0.15) is 55.0 Å². The number of hydrogen-bond acceptors (Lipinski definition) is 5. The van der Waals surface area contributed by atoms with Crippen LogP contribution in [0.5, 0.6) is 0 Å². The summed E-state index contributed by atoms with van der Waals surface area (Å²) in [7, 11) is 1.63. The molecule has 7 heteroatoms. The van der Waals surface area contributed by atoms with Gasteiger partial charge in [0.15, 0.2) is 0 Å². The van der Waals surface area contributed by atoms with E-state index in [4.69, 9.17) is 9.15 Å². The number of nitrogens with one attached hydrogen (secondary N) is 1. The third kappa shape index (κ3) is 3.51. The molecule has 1 aliphatic carbocycles. The second-order valence-electron chi connectivity index (χ2n) is 6.62. The molecule has 1 N–H and O–H groups in total. The number of nitrogens with zero attached hydrogens (tertiary/aromatic N) is 3. The van der Waals surface area contributed by atoms with Gasteiger partial charge in [-0.05, 0) is 37.8 Å². The van der Waals surface area contributed by atoms with E-state index in [0.717, 1.165) is 43.0 Å². The molecule has 4 rings (SSSR count). The maximum absolute atomic E-state index is 12.7. The Hall–Kier alpha value is -2.41. The maximum atomic E-state index is 12.7. The average Bonchev–Trinajstić information content (AvgIpc) is 3.16. The fraction of sp³-hybridized carbons (Fsp3) is 0.500. The van der Waals surface area contributed by atoms with Crippen molar-refractivity contribution in [2.45, 2.75) is 44.2 Å². The smallest absolute Gasteiger partial charge is 0.322 e. The second-order valence-corrected chi connectivity index (χ2v) is 6.62. The lowest BCUT2D eigenvalue weighted by Gasteiger charge is -2.23. The van der Waals surface area contributed by atoms with Crippen LogP contribution in [-0.2, 0) is 11.3 Å². The van der Waals surface area contributed by atoms with Gasteiger partial charge in [0.1, 0.15) is 24.0 Å². The van der Waals surface area contributed by atoms with Crippen molar-refractivity contribution in [2.75, 3.05) is 19.0 Å². The minimum absolute atomic E-state index is 0.0442. The SMILES string of the molecule is COCc1ccc([C@@H]2CCCN2C(=O)Nc2cnc(C3CC3)nc2)o1. The molecule has 2 amide bonds. The highest BCUT2D eigenvalue weighted by molar-refractivity contribution is 5.89. The summed E-state index contributed by atoms with van der Waals surface area (Å²) in [6.07, 6.45) is 7.55. The molecule has 132 valence electrons. The highest BCUT2D eigenvalue weighted by Crippen LogP contribution is 2.38. The van der Waals surface area contributed by atoms with E-state index in [9.17, 15) is 4.79 Å². The normalized spacial score (nSPS) is 20.0. The van der Waals surface area contributed by atoms with Crippen LogP contribution in [0, 0.1) is 0 Å². The van der Waals surface area contributed by atoms with Crippen molar-refractivity contribution < 1.29 is 13.9 Å². The molecule has 2 aromatic heterocycles. The first-order chi connectivity index (χ1) is 12.2. The van der Waals surface area contributed by atoms with Crippen LogP contribution in [0.15, 0.2) is 28.9 Å². The molecule has 0 aromatic carbocycles. The Balaban J connectivity index is 1.42. The third-order valence-electron chi connectivity index (χ3n) is 4.68. The molecule has 1 saturated carbocycles. The first-order valence-corrected chi connectivity index (χ1v) is 8.71. The summed E-state index contributed by atoms with van der Waals surface area (Å²) in [5.41, 5.74) is 0.625. The molecule has 1 saturated heterocycles. The van der Waals surface area contributed by atoms with Gasteiger partial charge in [0.05, 0.1) is 24.1 Å². The van der Waals surface area contributed by atoms with E-state index < -0.39 is 0 Å². The van der Waals surface area contributed by atoms with Gasteiger partial charge in [0, 0.05) is 19.6 Å². The number of hydrogen-bond donors (Lipinski definition) is 1. The van der Waals surface area contributed by atoms with Crippen molar-refractivity contribution in [3.63, 3.8) is 0 Å². The Kier molecular flexibility index (Phi) is 4.40. The predicted molar refractivity (Wildman–Crippen MR) is 91.1 cm³/mol. The highest BCUT2D eigenvalue weighted by atomic mass is 16.5. The van der Waals surface area contributed by atoms with Gasteiger partial charge in [-0.1, -0.05) is 0 Å². The number of aromatic nitrogens is 2. The van der Waals surface area contributed by atoms with Crippen LogP contribution in [-0.4, -0.2) is 34.6 Å². The number of carbonyl (C=O) groups is 1. The van der Waals surface area contributed by atoms with E-state index >= 15 is 0 Å². The highest BCUT2D eigenvalue weighted by Gasteiger charge is 2.32. The van der Waals surface area contributed by atoms with E-state index in [1.807, 2.05) is 17.0 Å². The van der Waals surface area contributed by atoms with Gasteiger partial charge in [-0.2, -0.15) is 0 Å². The Morgan fingerprint density at radius 2 is 2.12 bits per heavy atom. The molecule has 2 fully saturated rings. The number of furan rings is 1. The monoisotopic (exact) mass is 342 g/mol. The molecule has 0 spiro atoms. The zero-order chi connectivity index (χ0) is 17.2. The van der Waals surface area contributed by atoms with Crippen molar-refractivity contribution in [2.24, 2.45) is 0 Å². The summed E-state index contributed by atoms with van der Waals surface area (Å²) < 4.78 is 10.9. The van der Waals surface area contributed by atoms with Crippen LogP contribution >= 0.6 is 0 Å². The Morgan fingerprint density at radius 3 is 2.84 bits per heavy atom. The Bertz CT molecular complexity index is 739. The van der Waals surface area contributed by atoms with Gasteiger partial charge in [0.25, 0.3) is 0 Å². The summed E-state index contributed by atoms with van der Waals surface area (Å²) in [4.78, 5) is 23.2. The van der Waals surface area contributed by atoms with Crippen LogP contribution in [0.4, 0.5) is 10.5 Å². The topological polar surface area (TPSA) is 80.5 Å². The van der Waals surface area contributed by atoms with Crippen molar-refractivity contribution in [3.05, 3.63) is 41.9 Å². The van der Waals surface area contributed by atoms with E-state index in [-0.39, 0.29) is 12.1 Å². The summed E-state index contributed by atoms with van der Waals surface area (Å²) >= 11 is 0. The van der Waals surface area contributed by atoms with E-state index in [2.05, 4.69) is 15.3 Å². The molecular weight excluding hydrogens is 320 g/mol. The molecule has 7 nitrogen and oxygen atoms in total. The molecule has 1 aliphatic heterocycles. The first kappa shape index (κ1) is 16.1. The van der Waals surface area contributed by atoms with E-state index in [0.29, 0.717) is 24.8 Å². The molecular formula is C18H22N4O3. The number of anilines is 1. The van der Waals surface area contributed by atoms with Crippen LogP contribution in [0.25, 0.3) is 0 Å². The summed E-state index contributed by atoms with van der Waals surface area (Å²) in [6, 6.07) is 3.64. The molecule has 25 heavy (non-hydrogen) atoms. The Labute approximate surface area is 146 Å². The lowest BCUT2D eigenvalue weighted by Crippen LogP contribution is -2.34. The molecule has 0 radical (unpaired) electrons. The largest absolute Gasteiger partial charge is 0.461 e. The minimum Gasteiger partial charge on any atom is -0.461 e. The van der Waals surface area contributed by atoms with Crippen LogP contribution < -0.4 is 5.32 Å². The van der Waals surface area contributed by atoms with Crippen molar-refractivity contribution in [3.8, 4) is 0 Å². The zero-order valence-corrected chi connectivity index (χ0v) is 14.3. The van der Waals surface area contributed by atoms with Gasteiger partial charge < -0.3 is 19.4 Å². The number of ether oxygens (including phenoxy) is 1. The Morgan fingerprint density at radius 1 is 1.32 bits per heavy atom. The van der Waals surface area contributed by atoms with E-state index in [1.54, 1.807) is 19.5 Å². The fourth-order valence-electron chi connectivity index (χ4n) is 3.25. The van der Waals surface area contributed by atoms with Gasteiger partial charge in [-0.15, -0.1) is 0 Å². The van der Waals surface area contributed by atoms with Crippen molar-refractivity contribution in [1.82, 2.24) is 14.9 Å². The minimum atomic E-state index is -0.144. The van der Waals surface area contributed by atoms with Gasteiger partial charge in [-0.3, -0.25) is 0 Å². The average molecular weight is 342 g/mol. The van der Waals surface area contributed by atoms with Gasteiger partial charge >= 0.3 is 6.03 Å². The van der Waals surface area contributed by atoms with Gasteiger partial charge in [0.2, 0.25) is 0 Å². The molecule has 2 aromatic rings. The molecule has 3 heterocycles. The summed E-state index contributed by atoms with van der Waals surface area (Å²) in [6.45, 7) is 1.14. The lowest BCUT2D eigenvalue weighted by atomic mass is 10.2. The predicted octanol–water partition coefficient (Wildman–Crippen LogP) is 3.46. The second kappa shape index (κ2) is 6.84. The number of amides is 2. The number of carbonyl (C=O) groups excluding carboxylic acids is 1. The zero-order valence-electron chi connectivity index (χ0n) is 14.3. The lowest BCUT2D eigenvalue weighted by molar-refractivity contribution is 0.157. The standard InChI is InChI=1S/C18H22N4O3/c1-24-11-14-6-7-16(25-14)15-3-2-8-22(15)18(23)21-13-9-19-17(20-10-13)12-4-5-12/h6-7,9-10,12,15H,2-5,8,11H2,1H3,(H,21,23)/t15-/m0/s1. The number of urea groups is 1. The number of rotatable bonds is 5. The quantitative estimate of drug-likeness (QED) is 0.900.